The Morgan fingerprint density at radius 1 is 1.26 bits per heavy atom. The fraction of sp³-hybridized carbons (Fsp3) is 0.607. The zero-order chi connectivity index (χ0) is 27.7. The predicted molar refractivity (Wildman–Crippen MR) is 145 cm³/mol. The molecule has 1 aromatic rings. The third-order valence-corrected chi connectivity index (χ3v) is 9.46. The highest BCUT2D eigenvalue weighted by molar-refractivity contribution is 9.09. The summed E-state index contributed by atoms with van der Waals surface area (Å²) in [7, 11) is 0. The van der Waals surface area contributed by atoms with E-state index >= 15 is 0 Å². The standard InChI is InChI=1S/C28H36BrN3O7/c1-2-8-31(10-9-30-11-13-38-14-12-30)26(35)24-28-16-20(29)23(39-28)21(27(36)37)22(28)25(34)32(24)19(17-33)15-18-6-4-3-5-7-18/h2-7,19-24,33H,1,8-17H2,(H,36,37)/t19-,20?,21-,22+,23-,24-,28+/m1/s1. The lowest BCUT2D eigenvalue weighted by molar-refractivity contribution is -0.153. The summed E-state index contributed by atoms with van der Waals surface area (Å²) in [6, 6.07) is 7.67. The first-order valence-electron chi connectivity index (χ1n) is 13.5. The van der Waals surface area contributed by atoms with Crippen molar-refractivity contribution < 1.29 is 34.1 Å². The van der Waals surface area contributed by atoms with Crippen molar-refractivity contribution in [2.45, 2.75) is 41.5 Å². The molecule has 39 heavy (non-hydrogen) atoms. The number of ether oxygens (including phenoxy) is 2. The number of alkyl halides is 1. The quantitative estimate of drug-likeness (QED) is 0.280. The van der Waals surface area contributed by atoms with Gasteiger partial charge in [-0.15, -0.1) is 6.58 Å². The SMILES string of the molecule is C=CCN(CCN1CCOCC1)C(=O)[C@H]1N([C@@H](CO)Cc2ccccc2)C(=O)[C@@H]2[C@@H](C(=O)O)[C@@H]3O[C@@]21CC3Br. The van der Waals surface area contributed by atoms with Crippen LogP contribution in [-0.2, 0) is 30.3 Å². The summed E-state index contributed by atoms with van der Waals surface area (Å²) in [4.78, 5) is 46.0. The number of amides is 2. The molecule has 5 rings (SSSR count). The van der Waals surface area contributed by atoms with Gasteiger partial charge in [-0.2, -0.15) is 0 Å². The minimum absolute atomic E-state index is 0.272. The maximum absolute atomic E-state index is 14.5. The van der Waals surface area contributed by atoms with Crippen LogP contribution in [0.4, 0.5) is 0 Å². The number of aliphatic hydroxyl groups is 1. The van der Waals surface area contributed by atoms with E-state index in [1.807, 2.05) is 30.3 Å². The van der Waals surface area contributed by atoms with E-state index in [1.165, 1.54) is 4.90 Å². The molecule has 0 aromatic heterocycles. The normalized spacial score (nSPS) is 32.7. The Morgan fingerprint density at radius 3 is 2.62 bits per heavy atom. The molecule has 7 atom stereocenters. The Labute approximate surface area is 236 Å². The molecular formula is C28H36BrN3O7. The smallest absolute Gasteiger partial charge is 0.310 e. The van der Waals surface area contributed by atoms with Gasteiger partial charge >= 0.3 is 5.97 Å². The number of aliphatic hydroxyl groups excluding tert-OH is 1. The molecule has 212 valence electrons. The van der Waals surface area contributed by atoms with E-state index in [4.69, 9.17) is 9.47 Å². The van der Waals surface area contributed by atoms with Gasteiger partial charge in [0, 0.05) is 37.6 Å². The molecule has 2 bridgehead atoms. The summed E-state index contributed by atoms with van der Waals surface area (Å²) in [5.41, 5.74) is -0.391. The monoisotopic (exact) mass is 605 g/mol. The first-order valence-corrected chi connectivity index (χ1v) is 14.5. The summed E-state index contributed by atoms with van der Waals surface area (Å²) in [6.45, 7) is 7.61. The molecule has 10 nitrogen and oxygen atoms in total. The number of carboxylic acids is 1. The number of morpholine rings is 1. The van der Waals surface area contributed by atoms with Crippen LogP contribution >= 0.6 is 15.9 Å². The lowest BCUT2D eigenvalue weighted by atomic mass is 9.70. The minimum Gasteiger partial charge on any atom is -0.481 e. The van der Waals surface area contributed by atoms with Crippen LogP contribution in [0.15, 0.2) is 43.0 Å². The molecule has 1 aromatic carbocycles. The second-order valence-corrected chi connectivity index (χ2v) is 12.0. The number of hydrogen-bond acceptors (Lipinski definition) is 7. The van der Waals surface area contributed by atoms with E-state index < -0.39 is 47.5 Å². The van der Waals surface area contributed by atoms with Crippen molar-refractivity contribution >= 4 is 33.7 Å². The van der Waals surface area contributed by atoms with Crippen LogP contribution in [0.25, 0.3) is 0 Å². The molecule has 0 radical (unpaired) electrons. The van der Waals surface area contributed by atoms with Crippen molar-refractivity contribution in [2.75, 3.05) is 52.5 Å². The van der Waals surface area contributed by atoms with Crippen LogP contribution in [0.2, 0.25) is 0 Å². The lowest BCUT2D eigenvalue weighted by Gasteiger charge is -2.40. The van der Waals surface area contributed by atoms with Gasteiger partial charge < -0.3 is 29.5 Å². The third-order valence-electron chi connectivity index (χ3n) is 8.62. The van der Waals surface area contributed by atoms with Crippen LogP contribution in [0.3, 0.4) is 0 Å². The number of aliphatic carboxylic acids is 1. The summed E-state index contributed by atoms with van der Waals surface area (Å²) in [6.07, 6.45) is 1.60. The minimum atomic E-state index is -1.29. The van der Waals surface area contributed by atoms with Crippen LogP contribution in [0.5, 0.6) is 0 Å². The molecule has 4 saturated heterocycles. The zero-order valence-electron chi connectivity index (χ0n) is 21.9. The summed E-state index contributed by atoms with van der Waals surface area (Å²) in [5.74, 6) is -3.94. The second-order valence-electron chi connectivity index (χ2n) is 10.8. The van der Waals surface area contributed by atoms with Gasteiger partial charge in [-0.25, -0.2) is 0 Å². The summed E-state index contributed by atoms with van der Waals surface area (Å²) >= 11 is 3.58. The molecule has 4 aliphatic heterocycles. The Hall–Kier alpha value is -2.31. The second kappa shape index (κ2) is 11.7. The Morgan fingerprint density at radius 2 is 1.97 bits per heavy atom. The van der Waals surface area contributed by atoms with Crippen LogP contribution in [0.1, 0.15) is 12.0 Å². The summed E-state index contributed by atoms with van der Waals surface area (Å²) < 4.78 is 11.8. The predicted octanol–water partition coefficient (Wildman–Crippen LogP) is 0.769. The van der Waals surface area contributed by atoms with Crippen molar-refractivity contribution in [3.05, 3.63) is 48.6 Å². The fourth-order valence-corrected chi connectivity index (χ4v) is 7.81. The maximum Gasteiger partial charge on any atom is 0.310 e. The molecule has 1 unspecified atom stereocenters. The van der Waals surface area contributed by atoms with E-state index in [-0.39, 0.29) is 23.9 Å². The molecule has 2 amide bonds. The molecule has 0 saturated carbocycles. The topological polar surface area (TPSA) is 120 Å². The molecule has 11 heteroatoms. The van der Waals surface area contributed by atoms with Crippen LogP contribution in [-0.4, -0.2) is 124 Å². The Bertz CT molecular complexity index is 1080. The number of nitrogens with zero attached hydrogens (tertiary/aromatic N) is 3. The number of rotatable bonds is 11. The van der Waals surface area contributed by atoms with E-state index in [9.17, 15) is 24.6 Å². The van der Waals surface area contributed by atoms with Crippen LogP contribution < -0.4 is 0 Å². The average Bonchev–Trinajstić information content (AvgIpc) is 3.54. The number of likely N-dealkylation sites (tertiary alicyclic amines) is 1. The van der Waals surface area contributed by atoms with Gasteiger partial charge in [0.15, 0.2) is 0 Å². The summed E-state index contributed by atoms with van der Waals surface area (Å²) in [5, 5.41) is 20.7. The van der Waals surface area contributed by atoms with Gasteiger partial charge in [-0.1, -0.05) is 52.3 Å². The zero-order valence-corrected chi connectivity index (χ0v) is 23.4. The number of fused-ring (bicyclic) bond motifs is 1. The van der Waals surface area contributed by atoms with E-state index in [2.05, 4.69) is 27.4 Å². The number of carbonyl (C=O) groups is 3. The number of halogens is 1. The van der Waals surface area contributed by atoms with Crippen molar-refractivity contribution in [3.8, 4) is 0 Å². The van der Waals surface area contributed by atoms with E-state index in [0.717, 1.165) is 18.7 Å². The first-order chi connectivity index (χ1) is 18.8. The molecule has 4 fully saturated rings. The van der Waals surface area contributed by atoms with Crippen molar-refractivity contribution in [2.24, 2.45) is 11.8 Å². The average molecular weight is 607 g/mol. The number of carbonyl (C=O) groups excluding carboxylic acids is 2. The number of hydrogen-bond donors (Lipinski definition) is 2. The first kappa shape index (κ1) is 28.2. The highest BCUT2D eigenvalue weighted by atomic mass is 79.9. The highest BCUT2D eigenvalue weighted by Gasteiger charge is 2.77. The van der Waals surface area contributed by atoms with Crippen molar-refractivity contribution in [1.29, 1.82) is 0 Å². The molecule has 1 spiro atoms. The molecule has 0 aliphatic carbocycles. The Kier molecular flexibility index (Phi) is 8.44. The maximum atomic E-state index is 14.5. The van der Waals surface area contributed by atoms with Crippen molar-refractivity contribution in [3.63, 3.8) is 0 Å². The molecule has 4 heterocycles. The number of benzene rings is 1. The Balaban J connectivity index is 1.51. The van der Waals surface area contributed by atoms with E-state index in [1.54, 1.807) is 11.0 Å². The fourth-order valence-electron chi connectivity index (χ4n) is 6.87. The molecular weight excluding hydrogens is 570 g/mol. The number of carboxylic acid groups (broad SMARTS) is 1. The van der Waals surface area contributed by atoms with Gasteiger partial charge in [-0.05, 0) is 18.4 Å². The van der Waals surface area contributed by atoms with Crippen molar-refractivity contribution in [1.82, 2.24) is 14.7 Å². The van der Waals surface area contributed by atoms with Crippen LogP contribution in [0, 0.1) is 11.8 Å². The van der Waals surface area contributed by atoms with Gasteiger partial charge in [0.2, 0.25) is 11.8 Å². The largest absolute Gasteiger partial charge is 0.481 e. The highest BCUT2D eigenvalue weighted by Crippen LogP contribution is 2.60. The molecule has 4 aliphatic rings. The van der Waals surface area contributed by atoms with E-state index in [0.29, 0.717) is 39.1 Å². The molecule has 2 N–H and O–H groups in total. The van der Waals surface area contributed by atoms with Gasteiger partial charge in [-0.3, -0.25) is 19.3 Å². The lowest BCUT2D eigenvalue weighted by Crippen LogP contribution is -2.60. The van der Waals surface area contributed by atoms with Gasteiger partial charge in [0.05, 0.1) is 43.8 Å². The van der Waals surface area contributed by atoms with Gasteiger partial charge in [0.1, 0.15) is 11.6 Å². The van der Waals surface area contributed by atoms with Gasteiger partial charge in [0.25, 0.3) is 0 Å². The third kappa shape index (κ3) is 5.04.